The maximum atomic E-state index is 14.6. The lowest BCUT2D eigenvalue weighted by Gasteiger charge is -2.45. The average Bonchev–Trinajstić information content (AvgIpc) is 3.52. The van der Waals surface area contributed by atoms with Crippen LogP contribution in [0.15, 0.2) is 54.6 Å². The maximum Gasteiger partial charge on any atom is 0.471 e. The number of hydrogen-bond donors (Lipinski definition) is 0. The summed E-state index contributed by atoms with van der Waals surface area (Å²) in [7, 11) is -1.48. The molecule has 1 fully saturated rings. The molecule has 0 saturated carbocycles. The predicted octanol–water partition coefficient (Wildman–Crippen LogP) is 10.8. The zero-order valence-corrected chi connectivity index (χ0v) is 41.1. The van der Waals surface area contributed by atoms with E-state index >= 15 is 0 Å². The van der Waals surface area contributed by atoms with Gasteiger partial charge >= 0.3 is 18.1 Å². The van der Waals surface area contributed by atoms with Crippen molar-refractivity contribution in [3.63, 3.8) is 0 Å². The van der Waals surface area contributed by atoms with Gasteiger partial charge in [-0.1, -0.05) is 12.2 Å². The molecular formula is C51H57F3N5O8P. The van der Waals surface area contributed by atoms with Crippen molar-refractivity contribution in [2.24, 2.45) is 0 Å². The lowest BCUT2D eigenvalue weighted by molar-refractivity contribution is -0.171. The van der Waals surface area contributed by atoms with Gasteiger partial charge in [0.2, 0.25) is 5.91 Å². The van der Waals surface area contributed by atoms with Crippen molar-refractivity contribution in [2.45, 2.75) is 136 Å². The standard InChI is InChI=1S/C51H57F3N5O8P/c1-28(2)59(29(3)4)68(64-20-12-17-55)67-34-15-18-56(19-16-34)45(61)33-13-14-35-38(21-33)50(66-46(35)62)39-22-36-30(5)26-48(8,9)57(32(7)60)41(36)24-43(39)65-44-25-42-37(23-40(44)50)31(6)27-49(10,11)58(42)47(63)51(52,53)54/h13-14,21-29,34H,12,15-16,18-20H2,1-11H3. The molecule has 1 spiro atoms. The number of likely N-dealkylation sites (tertiary alicyclic amines) is 1. The zero-order chi connectivity index (χ0) is 49.6. The van der Waals surface area contributed by atoms with Gasteiger partial charge in [-0.05, 0) is 124 Å². The van der Waals surface area contributed by atoms with Crippen molar-refractivity contribution in [3.8, 4) is 17.6 Å². The minimum atomic E-state index is -5.21. The maximum absolute atomic E-state index is 14.6. The van der Waals surface area contributed by atoms with Crippen LogP contribution >= 0.6 is 8.53 Å². The second-order valence-electron chi connectivity index (χ2n) is 19.8. The summed E-state index contributed by atoms with van der Waals surface area (Å²) >= 11 is 0. The van der Waals surface area contributed by atoms with Gasteiger partial charge in [-0.25, -0.2) is 9.46 Å². The second kappa shape index (κ2) is 17.4. The molecule has 68 heavy (non-hydrogen) atoms. The highest BCUT2D eigenvalue weighted by molar-refractivity contribution is 7.44. The van der Waals surface area contributed by atoms with Gasteiger partial charge in [0.25, 0.3) is 14.4 Å². The molecule has 17 heteroatoms. The number of nitrogens with zero attached hydrogens (tertiary/aromatic N) is 5. The van der Waals surface area contributed by atoms with E-state index in [1.807, 2.05) is 32.9 Å². The zero-order valence-electron chi connectivity index (χ0n) is 40.3. The van der Waals surface area contributed by atoms with E-state index in [9.17, 15) is 32.3 Å². The summed E-state index contributed by atoms with van der Waals surface area (Å²) in [5.41, 5.74) is 0.270. The van der Waals surface area contributed by atoms with Crippen LogP contribution < -0.4 is 14.5 Å². The van der Waals surface area contributed by atoms with Crippen LogP contribution in [-0.2, 0) is 29.0 Å². The van der Waals surface area contributed by atoms with E-state index in [0.29, 0.717) is 58.8 Å². The third kappa shape index (κ3) is 8.18. The summed E-state index contributed by atoms with van der Waals surface area (Å²) in [6, 6.07) is 13.6. The number of carbonyl (C=O) groups excluding carboxylic acids is 4. The van der Waals surface area contributed by atoms with Gasteiger partial charge in [0.15, 0.2) is 5.60 Å². The van der Waals surface area contributed by atoms with E-state index in [2.05, 4.69) is 38.4 Å². The number of allylic oxidation sites excluding steroid dienone is 2. The second-order valence-corrected chi connectivity index (χ2v) is 21.2. The van der Waals surface area contributed by atoms with Crippen LogP contribution in [-0.4, -0.2) is 88.4 Å². The molecule has 13 nitrogen and oxygen atoms in total. The van der Waals surface area contributed by atoms with Crippen molar-refractivity contribution in [2.75, 3.05) is 29.5 Å². The van der Waals surface area contributed by atoms with Crippen molar-refractivity contribution in [3.05, 3.63) is 93.6 Å². The Morgan fingerprint density at radius 2 is 1.40 bits per heavy atom. The highest BCUT2D eigenvalue weighted by atomic mass is 31.2. The van der Waals surface area contributed by atoms with Crippen molar-refractivity contribution in [1.29, 1.82) is 5.26 Å². The number of anilines is 2. The van der Waals surface area contributed by atoms with Gasteiger partial charge in [-0.3, -0.25) is 19.3 Å². The molecule has 2 atom stereocenters. The van der Waals surface area contributed by atoms with Gasteiger partial charge < -0.3 is 28.3 Å². The Morgan fingerprint density at radius 1 is 0.853 bits per heavy atom. The summed E-state index contributed by atoms with van der Waals surface area (Å²) < 4.78 is 71.2. The molecule has 2 unspecified atom stereocenters. The number of carbonyl (C=O) groups is 4. The molecule has 5 aliphatic rings. The molecule has 5 aliphatic heterocycles. The first kappa shape index (κ1) is 48.9. The van der Waals surface area contributed by atoms with Crippen molar-refractivity contribution < 1.29 is 50.9 Å². The number of benzene rings is 3. The number of ether oxygens (including phenoxy) is 2. The monoisotopic (exact) mass is 955 g/mol. The molecule has 0 N–H and O–H groups in total. The van der Waals surface area contributed by atoms with E-state index in [1.54, 1.807) is 53.1 Å². The first-order valence-corrected chi connectivity index (χ1v) is 24.0. The summed E-state index contributed by atoms with van der Waals surface area (Å²) in [4.78, 5) is 59.6. The molecular weight excluding hydrogens is 899 g/mol. The summed E-state index contributed by atoms with van der Waals surface area (Å²) in [6.45, 7) is 21.2. The van der Waals surface area contributed by atoms with E-state index < -0.39 is 43.3 Å². The topological polar surface area (TPSA) is 142 Å². The number of esters is 1. The van der Waals surface area contributed by atoms with E-state index in [0.717, 1.165) is 5.57 Å². The lowest BCUT2D eigenvalue weighted by Crippen LogP contribution is -2.53. The number of hydrogen-bond acceptors (Lipinski definition) is 10. The third-order valence-electron chi connectivity index (χ3n) is 13.3. The number of piperidine rings is 1. The lowest BCUT2D eigenvalue weighted by atomic mass is 9.74. The van der Waals surface area contributed by atoms with E-state index in [1.165, 1.54) is 26.8 Å². The van der Waals surface area contributed by atoms with Crippen molar-refractivity contribution >= 4 is 54.7 Å². The Balaban J connectivity index is 1.23. The Morgan fingerprint density at radius 3 is 1.91 bits per heavy atom. The summed E-state index contributed by atoms with van der Waals surface area (Å²) in [5.74, 6) is -3.12. The summed E-state index contributed by atoms with van der Waals surface area (Å²) in [6.07, 6.45) is -0.572. The Bertz CT molecular complexity index is 2730. The smallest absolute Gasteiger partial charge is 0.456 e. The van der Waals surface area contributed by atoms with Crippen LogP contribution in [0.4, 0.5) is 24.5 Å². The first-order valence-electron chi connectivity index (χ1n) is 22.9. The van der Waals surface area contributed by atoms with Gasteiger partial charge in [-0.2, -0.15) is 18.4 Å². The number of alkyl halides is 3. The third-order valence-corrected chi connectivity index (χ3v) is 15.5. The van der Waals surface area contributed by atoms with Gasteiger partial charge in [0.1, 0.15) is 11.5 Å². The molecule has 8 rings (SSSR count). The van der Waals surface area contributed by atoms with Crippen molar-refractivity contribution in [1.82, 2.24) is 9.57 Å². The molecule has 3 aromatic carbocycles. The molecule has 0 aliphatic carbocycles. The molecule has 0 aromatic heterocycles. The molecule has 0 radical (unpaired) electrons. The Hall–Kier alpha value is -5.59. The van der Waals surface area contributed by atoms with Crippen LogP contribution in [0.25, 0.3) is 11.1 Å². The highest BCUT2D eigenvalue weighted by Crippen LogP contribution is 2.60. The van der Waals surface area contributed by atoms with Crippen LogP contribution in [0, 0.1) is 11.3 Å². The normalized spacial score (nSPS) is 20.7. The Labute approximate surface area is 396 Å². The summed E-state index contributed by atoms with van der Waals surface area (Å²) in [5, 5.41) is 9.16. The van der Waals surface area contributed by atoms with Gasteiger partial charge in [-0.15, -0.1) is 0 Å². The van der Waals surface area contributed by atoms with E-state index in [-0.39, 0.29) is 82.5 Å². The van der Waals surface area contributed by atoms with Gasteiger partial charge in [0.05, 0.1) is 53.2 Å². The van der Waals surface area contributed by atoms with Crippen LogP contribution in [0.2, 0.25) is 0 Å². The molecule has 1 saturated heterocycles. The first-order chi connectivity index (χ1) is 31.8. The molecule has 3 aromatic rings. The minimum Gasteiger partial charge on any atom is -0.456 e. The molecule has 5 heterocycles. The Kier molecular flexibility index (Phi) is 12.5. The molecule has 0 bridgehead atoms. The minimum absolute atomic E-state index is 0.0166. The fourth-order valence-electron chi connectivity index (χ4n) is 10.7. The number of rotatable bonds is 9. The highest BCUT2D eigenvalue weighted by Gasteiger charge is 2.56. The molecule has 3 amide bonds. The fraction of sp³-hybridized carbons (Fsp3) is 0.471. The van der Waals surface area contributed by atoms with Crippen LogP contribution in [0.3, 0.4) is 0 Å². The largest absolute Gasteiger partial charge is 0.471 e. The van der Waals surface area contributed by atoms with E-state index in [4.69, 9.17) is 23.8 Å². The van der Waals surface area contributed by atoms with Crippen LogP contribution in [0.1, 0.15) is 144 Å². The molecule has 360 valence electrons. The SMILES string of the molecule is CC(=O)N1c2cc3c(cc2C(C)=CC1(C)C)C1(OC(=O)c2ccc(C(=O)N4CCC(OP(OCCC#N)N(C(C)C)C(C)C)CC4)cc21)c1cc2c(cc1O3)N(C(=O)C(F)(F)F)C(C)(C)C=C2C. The van der Waals surface area contributed by atoms with Crippen LogP contribution in [0.5, 0.6) is 11.5 Å². The fourth-order valence-corrected chi connectivity index (χ4v) is 12.5. The number of nitriles is 1. The average molecular weight is 956 g/mol. The number of amides is 3. The number of halogens is 3. The quantitative estimate of drug-likeness (QED) is 0.116. The predicted molar refractivity (Wildman–Crippen MR) is 252 cm³/mol. The van der Waals surface area contributed by atoms with Gasteiger partial charge in [0, 0.05) is 77.6 Å². The number of fused-ring (bicyclic) bond motifs is 8.